The van der Waals surface area contributed by atoms with Gasteiger partial charge in [0.05, 0.1) is 12.7 Å². The molecule has 0 unspecified atom stereocenters. The van der Waals surface area contributed by atoms with Gasteiger partial charge in [-0.2, -0.15) is 0 Å². The molecule has 0 amide bonds. The lowest BCUT2D eigenvalue weighted by Gasteiger charge is -2.03. The van der Waals surface area contributed by atoms with Crippen molar-refractivity contribution < 1.29 is 9.53 Å². The Morgan fingerprint density at radius 2 is 1.93 bits per heavy atom. The predicted molar refractivity (Wildman–Crippen MR) is 61.1 cm³/mol. The Hall–Kier alpha value is -0.960. The van der Waals surface area contributed by atoms with Crippen LogP contribution in [0, 0.1) is 6.92 Å². The number of aryl methyl sites for hydroxylation is 1. The molecule has 3 heteroatoms. The van der Waals surface area contributed by atoms with Crippen LogP contribution in [-0.4, -0.2) is 13.1 Å². The lowest BCUT2D eigenvalue weighted by atomic mass is 10.1. The molecule has 1 aromatic rings. The van der Waals surface area contributed by atoms with E-state index in [-0.39, 0.29) is 5.97 Å². The first kappa shape index (κ1) is 13.0. The normalized spacial score (nSPS) is 8.64. The molecule has 0 spiro atoms. The lowest BCUT2D eigenvalue weighted by molar-refractivity contribution is 0.0597. The van der Waals surface area contributed by atoms with E-state index in [9.17, 15) is 4.79 Å². The van der Waals surface area contributed by atoms with Gasteiger partial charge in [0, 0.05) is 4.90 Å². The fourth-order valence-corrected chi connectivity index (χ4v) is 1.15. The molecule has 0 radical (unpaired) electrons. The van der Waals surface area contributed by atoms with E-state index < -0.39 is 0 Å². The maximum atomic E-state index is 11.1. The number of rotatable bonds is 1. The molecule has 0 fully saturated rings. The third-order valence-electron chi connectivity index (χ3n) is 1.56. The van der Waals surface area contributed by atoms with Crippen molar-refractivity contribution in [2.24, 2.45) is 0 Å². The fourth-order valence-electron chi connectivity index (χ4n) is 0.923. The lowest BCUT2D eigenvalue weighted by Crippen LogP contribution is -2.02. The third kappa shape index (κ3) is 3.42. The van der Waals surface area contributed by atoms with Crippen LogP contribution in [-0.2, 0) is 4.74 Å². The van der Waals surface area contributed by atoms with Gasteiger partial charge in [0.25, 0.3) is 0 Å². The number of carbonyl (C=O) groups excluding carboxylic acids is 1. The highest BCUT2D eigenvalue weighted by Gasteiger charge is 2.08. The Morgan fingerprint density at radius 1 is 1.36 bits per heavy atom. The summed E-state index contributed by atoms with van der Waals surface area (Å²) in [5.41, 5.74) is 1.54. The molecule has 0 atom stereocenters. The van der Waals surface area contributed by atoms with Crippen molar-refractivity contribution in [3.63, 3.8) is 0 Å². The second-order valence-corrected chi connectivity index (χ2v) is 2.99. The quantitative estimate of drug-likeness (QED) is 0.572. The molecular formula is C11H16O2S. The van der Waals surface area contributed by atoms with Crippen LogP contribution >= 0.6 is 12.6 Å². The highest BCUT2D eigenvalue weighted by molar-refractivity contribution is 7.80. The molecular weight excluding hydrogens is 196 g/mol. The number of benzene rings is 1. The third-order valence-corrected chi connectivity index (χ3v) is 1.95. The van der Waals surface area contributed by atoms with E-state index in [4.69, 9.17) is 0 Å². The van der Waals surface area contributed by atoms with Crippen LogP contribution in [0.5, 0.6) is 0 Å². The summed E-state index contributed by atoms with van der Waals surface area (Å²) in [6.07, 6.45) is 0. The smallest absolute Gasteiger partial charge is 0.338 e. The Morgan fingerprint density at radius 3 is 2.43 bits per heavy atom. The molecule has 0 aliphatic heterocycles. The van der Waals surface area contributed by atoms with Crippen molar-refractivity contribution in [3.05, 3.63) is 29.3 Å². The molecule has 1 rings (SSSR count). The van der Waals surface area contributed by atoms with Crippen molar-refractivity contribution >= 4 is 18.6 Å². The number of hydrogen-bond donors (Lipinski definition) is 1. The Balaban J connectivity index is 0.000000791. The zero-order valence-corrected chi connectivity index (χ0v) is 9.89. The topological polar surface area (TPSA) is 26.3 Å². The number of ether oxygens (including phenoxy) is 1. The summed E-state index contributed by atoms with van der Waals surface area (Å²) in [6.45, 7) is 5.92. The first-order valence-corrected chi connectivity index (χ1v) is 4.98. The average Bonchev–Trinajstić information content (AvgIpc) is 2.23. The van der Waals surface area contributed by atoms with E-state index in [1.54, 1.807) is 12.1 Å². The SMILES string of the molecule is CC.COC(=O)c1cc(C)ccc1S. The summed E-state index contributed by atoms with van der Waals surface area (Å²) in [6, 6.07) is 5.44. The second-order valence-electron chi connectivity index (χ2n) is 2.51. The van der Waals surface area contributed by atoms with Crippen molar-refractivity contribution in [3.8, 4) is 0 Å². The zero-order valence-electron chi connectivity index (χ0n) is 9.00. The van der Waals surface area contributed by atoms with Gasteiger partial charge in [0.15, 0.2) is 0 Å². The molecule has 0 heterocycles. The average molecular weight is 212 g/mol. The monoisotopic (exact) mass is 212 g/mol. The van der Waals surface area contributed by atoms with Gasteiger partial charge < -0.3 is 4.74 Å². The summed E-state index contributed by atoms with van der Waals surface area (Å²) < 4.78 is 4.58. The van der Waals surface area contributed by atoms with Crippen molar-refractivity contribution in [2.45, 2.75) is 25.7 Å². The van der Waals surface area contributed by atoms with E-state index in [1.165, 1.54) is 7.11 Å². The molecule has 0 N–H and O–H groups in total. The molecule has 0 aromatic heterocycles. The summed E-state index contributed by atoms with van der Waals surface area (Å²) in [5.74, 6) is -0.344. The minimum Gasteiger partial charge on any atom is -0.465 e. The fraction of sp³-hybridized carbons (Fsp3) is 0.364. The summed E-state index contributed by atoms with van der Waals surface area (Å²) >= 11 is 4.14. The maximum absolute atomic E-state index is 11.1. The van der Waals surface area contributed by atoms with E-state index in [2.05, 4.69) is 17.4 Å². The summed E-state index contributed by atoms with van der Waals surface area (Å²) in [7, 11) is 1.36. The van der Waals surface area contributed by atoms with Gasteiger partial charge in [-0.3, -0.25) is 0 Å². The molecule has 78 valence electrons. The molecule has 14 heavy (non-hydrogen) atoms. The Labute approximate surface area is 90.7 Å². The predicted octanol–water partition coefficient (Wildman–Crippen LogP) is 3.10. The standard InChI is InChI=1S/C9H10O2S.C2H6/c1-6-3-4-8(12)7(5-6)9(10)11-2;1-2/h3-5,12H,1-2H3;1-2H3. The van der Waals surface area contributed by atoms with Crippen molar-refractivity contribution in [2.75, 3.05) is 7.11 Å². The number of methoxy groups -OCH3 is 1. The highest BCUT2D eigenvalue weighted by atomic mass is 32.1. The van der Waals surface area contributed by atoms with Crippen LogP contribution in [0.3, 0.4) is 0 Å². The number of thiol groups is 1. The zero-order chi connectivity index (χ0) is 11.1. The van der Waals surface area contributed by atoms with Crippen LogP contribution in [0.25, 0.3) is 0 Å². The minimum atomic E-state index is -0.344. The summed E-state index contributed by atoms with van der Waals surface area (Å²) in [4.78, 5) is 11.8. The van der Waals surface area contributed by atoms with Gasteiger partial charge in [-0.1, -0.05) is 25.5 Å². The molecule has 0 aliphatic rings. The van der Waals surface area contributed by atoms with E-state index in [0.717, 1.165) is 5.56 Å². The Kier molecular flexibility index (Phi) is 6.04. The van der Waals surface area contributed by atoms with Crippen LogP contribution in [0.15, 0.2) is 23.1 Å². The minimum absolute atomic E-state index is 0.344. The van der Waals surface area contributed by atoms with Crippen LogP contribution in [0.2, 0.25) is 0 Å². The molecule has 0 saturated heterocycles. The van der Waals surface area contributed by atoms with Gasteiger partial charge >= 0.3 is 5.97 Å². The van der Waals surface area contributed by atoms with Crippen molar-refractivity contribution in [1.82, 2.24) is 0 Å². The first-order valence-electron chi connectivity index (χ1n) is 4.53. The van der Waals surface area contributed by atoms with E-state index in [0.29, 0.717) is 10.5 Å². The largest absolute Gasteiger partial charge is 0.465 e. The number of carbonyl (C=O) groups is 1. The molecule has 0 bridgehead atoms. The summed E-state index contributed by atoms with van der Waals surface area (Å²) in [5, 5.41) is 0. The van der Waals surface area contributed by atoms with Crippen molar-refractivity contribution in [1.29, 1.82) is 0 Å². The van der Waals surface area contributed by atoms with E-state index in [1.807, 2.05) is 26.8 Å². The van der Waals surface area contributed by atoms with Gasteiger partial charge in [0.2, 0.25) is 0 Å². The van der Waals surface area contributed by atoms with E-state index >= 15 is 0 Å². The number of hydrogen-bond acceptors (Lipinski definition) is 3. The molecule has 2 nitrogen and oxygen atoms in total. The first-order chi connectivity index (χ1) is 6.65. The van der Waals surface area contributed by atoms with Crippen LogP contribution in [0.1, 0.15) is 29.8 Å². The van der Waals surface area contributed by atoms with Gasteiger partial charge in [-0.05, 0) is 19.1 Å². The maximum Gasteiger partial charge on any atom is 0.338 e. The molecule has 1 aromatic carbocycles. The highest BCUT2D eigenvalue weighted by Crippen LogP contribution is 2.15. The van der Waals surface area contributed by atoms with Gasteiger partial charge in [-0.25, -0.2) is 4.79 Å². The number of esters is 1. The van der Waals surface area contributed by atoms with Crippen LogP contribution in [0.4, 0.5) is 0 Å². The Bertz CT molecular complexity index is 308. The second kappa shape index (κ2) is 6.49. The van der Waals surface area contributed by atoms with Crippen LogP contribution < -0.4 is 0 Å². The molecule has 0 aliphatic carbocycles. The molecule has 0 saturated carbocycles. The van der Waals surface area contributed by atoms with Gasteiger partial charge in [-0.15, -0.1) is 12.6 Å². The van der Waals surface area contributed by atoms with Gasteiger partial charge in [0.1, 0.15) is 0 Å².